The van der Waals surface area contributed by atoms with Gasteiger partial charge in [0.05, 0.1) is 5.70 Å². The summed E-state index contributed by atoms with van der Waals surface area (Å²) in [5.74, 6) is 0. The molecule has 2 heterocycles. The largest absolute Gasteiger partial charge is 0.260 e. The summed E-state index contributed by atoms with van der Waals surface area (Å²) in [7, 11) is -1.83. The van der Waals surface area contributed by atoms with Crippen LogP contribution >= 0.6 is 10.0 Å². The molecule has 0 aliphatic carbocycles. The Labute approximate surface area is 200 Å². The topological polar surface area (TPSA) is 12.4 Å². The monoisotopic (exact) mass is 451 g/mol. The Hall–Kier alpha value is -3.36. The fraction of sp³-hybridized carbons (Fsp3) is 0.129. The lowest BCUT2D eigenvalue weighted by atomic mass is 10.0. The van der Waals surface area contributed by atoms with E-state index in [9.17, 15) is 0 Å². The van der Waals surface area contributed by atoms with E-state index in [1.165, 1.54) is 20.3 Å². The number of hydrogen-bond acceptors (Lipinski definition) is 1. The molecular weight excluding hydrogens is 418 g/mol. The van der Waals surface area contributed by atoms with Gasteiger partial charge in [0.15, 0.2) is 0 Å². The average molecular weight is 452 g/mol. The third-order valence-electron chi connectivity index (χ3n) is 5.90. The molecule has 0 radical (unpaired) electrons. The molecule has 0 bridgehead atoms. The van der Waals surface area contributed by atoms with Crippen LogP contribution in [-0.4, -0.2) is 6.21 Å². The first kappa shape index (κ1) is 24.3. The first-order valence-corrected chi connectivity index (χ1v) is 12.8. The van der Waals surface area contributed by atoms with Gasteiger partial charge in [-0.2, -0.15) is 0 Å². The molecule has 168 valence electrons. The molecule has 1 nitrogen and oxygen atoms in total. The highest BCUT2D eigenvalue weighted by atomic mass is 32.3. The molecule has 0 saturated heterocycles. The first-order valence-electron chi connectivity index (χ1n) is 11.1. The second kappa shape index (κ2) is 10.1. The summed E-state index contributed by atoms with van der Waals surface area (Å²) >= 11 is 0. The van der Waals surface area contributed by atoms with Gasteiger partial charge < -0.3 is 0 Å². The van der Waals surface area contributed by atoms with E-state index in [0.29, 0.717) is 0 Å². The van der Waals surface area contributed by atoms with Crippen molar-refractivity contribution >= 4 is 35.0 Å². The van der Waals surface area contributed by atoms with Crippen molar-refractivity contribution in [1.29, 1.82) is 0 Å². The number of aliphatic imine (C=N–C) groups is 1. The van der Waals surface area contributed by atoms with Crippen LogP contribution in [-0.2, 0) is 0 Å². The standard InChI is InChI=1S/C31H33NS/c1-9-17-28-24(10-2)30-23(8)19-16-15-18-22(7)20-21-29(30)33(28)26(12-4)25(11-3)31(32-14-6)27(33)13-5/h9-21H,1,5,7-8H2,2-4,6H3/b18-15?,19-16?,21-20?,24-10+,25-11+,26-12+,28-17+,32-14-. The Morgan fingerprint density at radius 1 is 0.818 bits per heavy atom. The highest BCUT2D eigenvalue weighted by molar-refractivity contribution is 8.44. The highest BCUT2D eigenvalue weighted by Gasteiger charge is 2.51. The first-order chi connectivity index (χ1) is 16.0. The zero-order valence-electron chi connectivity index (χ0n) is 20.2. The van der Waals surface area contributed by atoms with Crippen LogP contribution in [0.5, 0.6) is 0 Å². The predicted molar refractivity (Wildman–Crippen MR) is 151 cm³/mol. The lowest BCUT2D eigenvalue weighted by Gasteiger charge is -2.37. The average Bonchev–Trinajstić information content (AvgIpc) is 3.24. The van der Waals surface area contributed by atoms with Crippen LogP contribution in [0.3, 0.4) is 0 Å². The SMILES string of the molecule is C=C/C=C1\C(=C/C)c2c(ccc(=C)ccccc2=C)S12C(C=C)=C(/N=C\C)C(=C/C)/C2=C\C. The summed E-state index contributed by atoms with van der Waals surface area (Å²) < 4.78 is 0. The second-order valence-corrected chi connectivity index (χ2v) is 10.6. The van der Waals surface area contributed by atoms with Gasteiger partial charge in [0, 0.05) is 37.0 Å². The van der Waals surface area contributed by atoms with E-state index in [-0.39, 0.29) is 0 Å². The second-order valence-electron chi connectivity index (χ2n) is 7.63. The lowest BCUT2D eigenvalue weighted by molar-refractivity contribution is 1.33. The molecule has 1 aromatic carbocycles. The van der Waals surface area contributed by atoms with Crippen molar-refractivity contribution < 1.29 is 0 Å². The molecule has 3 rings (SSSR count). The molecule has 0 aromatic heterocycles. The summed E-state index contributed by atoms with van der Waals surface area (Å²) in [5.41, 5.74) is 4.49. The van der Waals surface area contributed by atoms with E-state index in [1.54, 1.807) is 0 Å². The van der Waals surface area contributed by atoms with E-state index in [4.69, 9.17) is 4.99 Å². The van der Waals surface area contributed by atoms with Gasteiger partial charge in [-0.25, -0.2) is 0 Å². The maximum atomic E-state index is 4.85. The quantitative estimate of drug-likeness (QED) is 0.419. The lowest BCUT2D eigenvalue weighted by Crippen LogP contribution is -2.04. The van der Waals surface area contributed by atoms with Crippen molar-refractivity contribution in [1.82, 2.24) is 0 Å². The van der Waals surface area contributed by atoms with Crippen molar-refractivity contribution in [3.8, 4) is 0 Å². The smallest absolute Gasteiger partial charge is 0.0835 e. The number of fused-ring (bicyclic) bond motifs is 2. The van der Waals surface area contributed by atoms with Crippen molar-refractivity contribution in [2.75, 3.05) is 0 Å². The summed E-state index contributed by atoms with van der Waals surface area (Å²) in [6.07, 6.45) is 14.5. The van der Waals surface area contributed by atoms with Crippen LogP contribution in [0.1, 0.15) is 33.3 Å². The Morgan fingerprint density at radius 2 is 1.52 bits per heavy atom. The van der Waals surface area contributed by atoms with Gasteiger partial charge in [0.2, 0.25) is 0 Å². The number of hydrogen-bond donors (Lipinski definition) is 0. The summed E-state index contributed by atoms with van der Waals surface area (Å²) in [6, 6.07) is 12.5. The van der Waals surface area contributed by atoms with Gasteiger partial charge >= 0.3 is 0 Å². The maximum Gasteiger partial charge on any atom is 0.0835 e. The summed E-state index contributed by atoms with van der Waals surface area (Å²) in [4.78, 5) is 9.75. The minimum Gasteiger partial charge on any atom is -0.260 e. The Kier molecular flexibility index (Phi) is 7.40. The molecule has 1 unspecified atom stereocenters. The Bertz CT molecular complexity index is 1360. The van der Waals surface area contributed by atoms with Gasteiger partial charge in [-0.05, 0) is 55.8 Å². The van der Waals surface area contributed by atoms with Crippen molar-refractivity contribution in [2.45, 2.75) is 32.6 Å². The third-order valence-corrected chi connectivity index (χ3v) is 10.0. The molecule has 1 atom stereocenters. The molecule has 0 saturated carbocycles. The van der Waals surface area contributed by atoms with Gasteiger partial charge in [-0.3, -0.25) is 4.99 Å². The van der Waals surface area contributed by atoms with Gasteiger partial charge in [0.25, 0.3) is 0 Å². The van der Waals surface area contributed by atoms with Crippen LogP contribution in [0.25, 0.3) is 18.7 Å². The summed E-state index contributed by atoms with van der Waals surface area (Å²) in [6.45, 7) is 25.3. The molecule has 2 aliphatic heterocycles. The molecule has 0 N–H and O–H groups in total. The molecule has 0 fully saturated rings. The minimum absolute atomic E-state index is 0.943. The van der Waals surface area contributed by atoms with E-state index in [1.807, 2.05) is 43.5 Å². The zero-order chi connectivity index (χ0) is 24.2. The van der Waals surface area contributed by atoms with Crippen LogP contribution < -0.4 is 10.4 Å². The van der Waals surface area contributed by atoms with E-state index >= 15 is 0 Å². The summed E-state index contributed by atoms with van der Waals surface area (Å²) in [5, 5.41) is 1.92. The van der Waals surface area contributed by atoms with Crippen LogP contribution in [0, 0.1) is 0 Å². The molecule has 2 aliphatic rings. The number of allylic oxidation sites excluding steroid dienone is 8. The fourth-order valence-electron chi connectivity index (χ4n) is 4.71. The minimum atomic E-state index is -1.83. The fourth-order valence-corrected chi connectivity index (χ4v) is 9.41. The maximum absolute atomic E-state index is 4.85. The Balaban J connectivity index is 2.78. The predicted octanol–water partition coefficient (Wildman–Crippen LogP) is 7.63. The third kappa shape index (κ3) is 3.65. The van der Waals surface area contributed by atoms with Crippen molar-refractivity contribution in [3.05, 3.63) is 128 Å². The molecule has 2 heteroatoms. The van der Waals surface area contributed by atoms with Crippen molar-refractivity contribution in [3.63, 3.8) is 0 Å². The molecule has 1 aromatic rings. The zero-order valence-corrected chi connectivity index (χ0v) is 21.0. The van der Waals surface area contributed by atoms with Crippen LogP contribution in [0.15, 0.2) is 122 Å². The van der Waals surface area contributed by atoms with E-state index < -0.39 is 10.0 Å². The molecular formula is C31H33NS. The van der Waals surface area contributed by atoms with E-state index in [0.717, 1.165) is 32.2 Å². The molecule has 33 heavy (non-hydrogen) atoms. The van der Waals surface area contributed by atoms with Gasteiger partial charge in [-0.15, -0.1) is 10.0 Å². The van der Waals surface area contributed by atoms with E-state index in [2.05, 4.69) is 89.6 Å². The van der Waals surface area contributed by atoms with Gasteiger partial charge in [0.1, 0.15) is 0 Å². The number of nitrogens with zero attached hydrogens (tertiary/aromatic N) is 1. The Morgan fingerprint density at radius 3 is 2.09 bits per heavy atom. The highest BCUT2D eigenvalue weighted by Crippen LogP contribution is 2.84. The van der Waals surface area contributed by atoms with Gasteiger partial charge in [-0.1, -0.05) is 87.0 Å². The van der Waals surface area contributed by atoms with Crippen LogP contribution in [0.4, 0.5) is 0 Å². The van der Waals surface area contributed by atoms with Crippen LogP contribution in [0.2, 0.25) is 0 Å². The van der Waals surface area contributed by atoms with Crippen molar-refractivity contribution in [2.24, 2.45) is 4.99 Å². The number of rotatable bonds is 3. The molecule has 0 amide bonds. The normalized spacial score (nSPS) is 26.3. The molecule has 1 spiro atoms.